The van der Waals surface area contributed by atoms with Crippen molar-refractivity contribution in [2.45, 2.75) is 45.3 Å². The van der Waals surface area contributed by atoms with Crippen LogP contribution in [0.2, 0.25) is 0 Å². The Balaban J connectivity index is 2.71. The molecule has 1 saturated heterocycles. The Bertz CT molecular complexity index is 438. The third-order valence-corrected chi connectivity index (χ3v) is 3.18. The molecule has 0 N–H and O–H groups in total. The Labute approximate surface area is 112 Å². The first-order chi connectivity index (χ1) is 8.08. The Morgan fingerprint density at radius 2 is 2.06 bits per heavy atom. The van der Waals surface area contributed by atoms with Gasteiger partial charge in [-0.05, 0) is 39.7 Å². The third-order valence-electron chi connectivity index (χ3n) is 2.39. The molecule has 0 unspecified atom stereocenters. The number of amides is 1. The van der Waals surface area contributed by atoms with Crippen molar-refractivity contribution in [3.05, 3.63) is 11.5 Å². The standard InChI is InChI=1S/C11H18ClNO4S/c1-11(2,3)17-10(14)13-7-4-5-9(13)6-8-18(12,15)16/h6,8-9H,4-5,7H2,1-3H3/b8-6+/t9-/m0/s1. The molecular weight excluding hydrogens is 278 g/mol. The largest absolute Gasteiger partial charge is 0.444 e. The number of ether oxygens (including phenoxy) is 1. The maximum Gasteiger partial charge on any atom is 0.410 e. The minimum Gasteiger partial charge on any atom is -0.444 e. The van der Waals surface area contributed by atoms with Crippen LogP contribution in [0.5, 0.6) is 0 Å². The predicted octanol–water partition coefficient (Wildman–Crippen LogP) is 2.47. The molecule has 5 nitrogen and oxygen atoms in total. The maximum absolute atomic E-state index is 11.9. The van der Waals surface area contributed by atoms with Gasteiger partial charge in [0.1, 0.15) is 5.60 Å². The van der Waals surface area contributed by atoms with Gasteiger partial charge in [0, 0.05) is 22.6 Å². The topological polar surface area (TPSA) is 63.7 Å². The van der Waals surface area contributed by atoms with Crippen molar-refractivity contribution < 1.29 is 17.9 Å². The summed E-state index contributed by atoms with van der Waals surface area (Å²) in [5.41, 5.74) is -0.563. The summed E-state index contributed by atoms with van der Waals surface area (Å²) in [6.45, 7) is 5.92. The van der Waals surface area contributed by atoms with E-state index in [4.69, 9.17) is 15.4 Å². The molecule has 1 aliphatic heterocycles. The first-order valence-corrected chi connectivity index (χ1v) is 8.08. The molecule has 1 aliphatic rings. The lowest BCUT2D eigenvalue weighted by molar-refractivity contribution is 0.0256. The van der Waals surface area contributed by atoms with Gasteiger partial charge in [-0.3, -0.25) is 0 Å². The highest BCUT2D eigenvalue weighted by Crippen LogP contribution is 2.22. The molecule has 1 atom stereocenters. The Hall–Kier alpha value is -0.750. The van der Waals surface area contributed by atoms with Gasteiger partial charge < -0.3 is 9.64 Å². The van der Waals surface area contributed by atoms with Crippen molar-refractivity contribution >= 4 is 25.8 Å². The van der Waals surface area contributed by atoms with Crippen LogP contribution in [0.3, 0.4) is 0 Å². The fourth-order valence-corrected chi connectivity index (χ4v) is 2.27. The van der Waals surface area contributed by atoms with Gasteiger partial charge in [0.25, 0.3) is 9.05 Å². The van der Waals surface area contributed by atoms with Crippen molar-refractivity contribution in [2.24, 2.45) is 0 Å². The first-order valence-electron chi connectivity index (χ1n) is 5.71. The lowest BCUT2D eigenvalue weighted by atomic mass is 10.2. The number of nitrogens with zero attached hydrogens (tertiary/aromatic N) is 1. The molecule has 0 aromatic rings. The zero-order chi connectivity index (χ0) is 14.0. The smallest absolute Gasteiger partial charge is 0.410 e. The van der Waals surface area contributed by atoms with Gasteiger partial charge in [-0.15, -0.1) is 0 Å². The normalized spacial score (nSPS) is 21.6. The summed E-state index contributed by atoms with van der Waals surface area (Å²) in [5.74, 6) is 0. The van der Waals surface area contributed by atoms with E-state index in [-0.39, 0.29) is 6.04 Å². The van der Waals surface area contributed by atoms with Gasteiger partial charge in [-0.2, -0.15) is 0 Å². The molecule has 0 radical (unpaired) electrons. The van der Waals surface area contributed by atoms with Crippen molar-refractivity contribution in [2.75, 3.05) is 6.54 Å². The van der Waals surface area contributed by atoms with Crippen molar-refractivity contribution in [3.63, 3.8) is 0 Å². The van der Waals surface area contributed by atoms with Crippen LogP contribution < -0.4 is 0 Å². The van der Waals surface area contributed by atoms with Gasteiger partial charge >= 0.3 is 6.09 Å². The average molecular weight is 296 g/mol. The van der Waals surface area contributed by atoms with Crippen LogP contribution in [0.15, 0.2) is 11.5 Å². The molecular formula is C11H18ClNO4S. The second-order valence-corrected chi connectivity index (χ2v) is 7.70. The highest BCUT2D eigenvalue weighted by atomic mass is 35.7. The average Bonchev–Trinajstić information content (AvgIpc) is 2.58. The monoisotopic (exact) mass is 295 g/mol. The predicted molar refractivity (Wildman–Crippen MR) is 69.9 cm³/mol. The van der Waals surface area contributed by atoms with E-state index in [1.165, 1.54) is 11.0 Å². The zero-order valence-corrected chi connectivity index (χ0v) is 12.3. The molecule has 104 valence electrons. The number of likely N-dealkylation sites (tertiary alicyclic amines) is 1. The molecule has 1 fully saturated rings. The van der Waals surface area contributed by atoms with Crippen molar-refractivity contribution in [1.29, 1.82) is 0 Å². The third kappa shape index (κ3) is 5.27. The highest BCUT2D eigenvalue weighted by Gasteiger charge is 2.30. The summed E-state index contributed by atoms with van der Waals surface area (Å²) in [5, 5.41) is 0.919. The van der Waals surface area contributed by atoms with Crippen LogP contribution in [0.1, 0.15) is 33.6 Å². The second kappa shape index (κ2) is 5.48. The molecule has 1 amide bonds. The van der Waals surface area contributed by atoms with Gasteiger partial charge in [-0.25, -0.2) is 13.2 Å². The van der Waals surface area contributed by atoms with Crippen molar-refractivity contribution in [3.8, 4) is 0 Å². The molecule has 0 aromatic heterocycles. The van der Waals surface area contributed by atoms with Crippen LogP contribution in [0.4, 0.5) is 4.79 Å². The van der Waals surface area contributed by atoms with Crippen LogP contribution >= 0.6 is 10.7 Å². The Morgan fingerprint density at radius 3 is 2.56 bits per heavy atom. The van der Waals surface area contributed by atoms with E-state index in [0.717, 1.165) is 11.8 Å². The molecule has 1 rings (SSSR count). The Morgan fingerprint density at radius 1 is 1.44 bits per heavy atom. The first kappa shape index (κ1) is 15.3. The molecule has 0 saturated carbocycles. The fourth-order valence-electron chi connectivity index (χ4n) is 1.72. The number of carbonyl (C=O) groups is 1. The van der Waals surface area contributed by atoms with Crippen LogP contribution in [-0.4, -0.2) is 37.6 Å². The molecule has 0 spiro atoms. The van der Waals surface area contributed by atoms with Crippen LogP contribution in [-0.2, 0) is 13.8 Å². The van der Waals surface area contributed by atoms with E-state index in [0.29, 0.717) is 13.0 Å². The number of carbonyl (C=O) groups excluding carboxylic acids is 1. The minimum absolute atomic E-state index is 0.270. The second-order valence-electron chi connectivity index (χ2n) is 5.19. The van der Waals surface area contributed by atoms with Gasteiger partial charge in [0.2, 0.25) is 0 Å². The number of hydrogen-bond donors (Lipinski definition) is 0. The number of hydrogen-bond acceptors (Lipinski definition) is 4. The van der Waals surface area contributed by atoms with Gasteiger partial charge in [-0.1, -0.05) is 0 Å². The zero-order valence-electron chi connectivity index (χ0n) is 10.7. The van der Waals surface area contributed by atoms with Gasteiger partial charge in [0.05, 0.1) is 6.04 Å². The minimum atomic E-state index is -3.68. The lowest BCUT2D eigenvalue weighted by Gasteiger charge is -2.27. The number of halogens is 1. The van der Waals surface area contributed by atoms with E-state index in [1.54, 1.807) is 20.8 Å². The van der Waals surface area contributed by atoms with Gasteiger partial charge in [0.15, 0.2) is 0 Å². The summed E-state index contributed by atoms with van der Waals surface area (Å²) in [6.07, 6.45) is 2.53. The fraction of sp³-hybridized carbons (Fsp3) is 0.727. The summed E-state index contributed by atoms with van der Waals surface area (Å²) in [4.78, 5) is 13.4. The van der Waals surface area contributed by atoms with E-state index in [1.807, 2.05) is 0 Å². The summed E-state index contributed by atoms with van der Waals surface area (Å²) >= 11 is 0. The quantitative estimate of drug-likeness (QED) is 0.734. The van der Waals surface area contributed by atoms with Crippen molar-refractivity contribution in [1.82, 2.24) is 4.90 Å². The molecule has 18 heavy (non-hydrogen) atoms. The molecule has 0 aliphatic carbocycles. The van der Waals surface area contributed by atoms with E-state index < -0.39 is 20.7 Å². The van der Waals surface area contributed by atoms with E-state index >= 15 is 0 Å². The van der Waals surface area contributed by atoms with Crippen LogP contribution in [0, 0.1) is 0 Å². The SMILES string of the molecule is CC(C)(C)OC(=O)N1CCC[C@H]1/C=C/S(=O)(=O)Cl. The highest BCUT2D eigenvalue weighted by molar-refractivity contribution is 8.16. The summed E-state index contributed by atoms with van der Waals surface area (Å²) < 4.78 is 26.9. The molecule has 7 heteroatoms. The molecule has 0 aromatic carbocycles. The van der Waals surface area contributed by atoms with E-state index in [2.05, 4.69) is 0 Å². The number of rotatable bonds is 2. The lowest BCUT2D eigenvalue weighted by Crippen LogP contribution is -2.39. The molecule has 1 heterocycles. The molecule has 0 bridgehead atoms. The summed E-state index contributed by atoms with van der Waals surface area (Å²) in [6, 6.07) is -0.270. The maximum atomic E-state index is 11.9. The van der Waals surface area contributed by atoms with E-state index in [9.17, 15) is 13.2 Å². The Kier molecular flexibility index (Phi) is 4.66. The summed E-state index contributed by atoms with van der Waals surface area (Å²) in [7, 11) is 1.41. The van der Waals surface area contributed by atoms with Crippen LogP contribution in [0.25, 0.3) is 0 Å².